The molecule has 0 aliphatic rings. The smallest absolute Gasteiger partial charge is 0.251 e. The quantitative estimate of drug-likeness (QED) is 0.772. The molecular formula is C21H28N2O4. The summed E-state index contributed by atoms with van der Waals surface area (Å²) in [5.41, 5.74) is 2.72. The number of nitrogens with one attached hydrogen (secondary N) is 1. The fourth-order valence-electron chi connectivity index (χ4n) is 2.89. The maximum atomic E-state index is 12.5. The number of methoxy groups -OCH3 is 3. The molecule has 2 aromatic rings. The summed E-state index contributed by atoms with van der Waals surface area (Å²) in [4.78, 5) is 14.5. The molecule has 0 heterocycles. The van der Waals surface area contributed by atoms with Crippen molar-refractivity contribution in [2.45, 2.75) is 13.0 Å². The molecule has 0 aliphatic heterocycles. The van der Waals surface area contributed by atoms with Gasteiger partial charge >= 0.3 is 0 Å². The van der Waals surface area contributed by atoms with Crippen LogP contribution in [0.25, 0.3) is 0 Å². The fraction of sp³-hybridized carbons (Fsp3) is 0.381. The number of carbonyl (C=O) groups is 1. The SMILES string of the molecule is COc1cc(C(CNC(=O)c2ccc(C)cc2)N(C)C)cc(OC)c1OC. The number of benzene rings is 2. The van der Waals surface area contributed by atoms with Gasteiger partial charge in [0.05, 0.1) is 27.4 Å². The highest BCUT2D eigenvalue weighted by Gasteiger charge is 2.21. The third-order valence-electron chi connectivity index (χ3n) is 4.46. The first-order valence-electron chi connectivity index (χ1n) is 8.72. The Hall–Kier alpha value is -2.73. The Morgan fingerprint density at radius 1 is 1.00 bits per heavy atom. The molecule has 2 aromatic carbocycles. The molecule has 146 valence electrons. The zero-order valence-electron chi connectivity index (χ0n) is 16.8. The third-order valence-corrected chi connectivity index (χ3v) is 4.46. The zero-order valence-corrected chi connectivity index (χ0v) is 16.8. The van der Waals surface area contributed by atoms with Crippen molar-refractivity contribution in [1.82, 2.24) is 10.2 Å². The summed E-state index contributed by atoms with van der Waals surface area (Å²) in [6.45, 7) is 2.44. The van der Waals surface area contributed by atoms with E-state index < -0.39 is 0 Å². The zero-order chi connectivity index (χ0) is 20.0. The predicted octanol–water partition coefficient (Wildman–Crippen LogP) is 3.05. The normalized spacial score (nSPS) is 11.8. The Morgan fingerprint density at radius 3 is 2.00 bits per heavy atom. The first-order valence-corrected chi connectivity index (χ1v) is 8.72. The van der Waals surface area contributed by atoms with Crippen molar-refractivity contribution < 1.29 is 19.0 Å². The summed E-state index contributed by atoms with van der Waals surface area (Å²) in [7, 11) is 8.68. The van der Waals surface area contributed by atoms with Crippen LogP contribution in [0.4, 0.5) is 0 Å². The minimum Gasteiger partial charge on any atom is -0.493 e. The van der Waals surface area contributed by atoms with Gasteiger partial charge in [-0.3, -0.25) is 4.79 Å². The Bertz CT molecular complexity index is 747. The lowest BCUT2D eigenvalue weighted by Crippen LogP contribution is -2.34. The molecule has 6 heteroatoms. The van der Waals surface area contributed by atoms with Gasteiger partial charge in [0.25, 0.3) is 5.91 Å². The van der Waals surface area contributed by atoms with Gasteiger partial charge in [-0.05, 0) is 50.8 Å². The molecule has 0 radical (unpaired) electrons. The Labute approximate surface area is 161 Å². The third kappa shape index (κ3) is 4.92. The molecule has 0 aliphatic carbocycles. The van der Waals surface area contributed by atoms with Gasteiger partial charge in [-0.2, -0.15) is 0 Å². The molecule has 0 spiro atoms. The standard InChI is InChI=1S/C21H28N2O4/c1-14-7-9-15(10-8-14)21(24)22-13-17(23(2)3)16-11-18(25-4)20(27-6)19(12-16)26-5/h7-12,17H,13H2,1-6H3,(H,22,24). The molecule has 2 rings (SSSR count). The van der Waals surface area contributed by atoms with E-state index in [1.165, 1.54) is 0 Å². The summed E-state index contributed by atoms with van der Waals surface area (Å²) < 4.78 is 16.3. The van der Waals surface area contributed by atoms with Gasteiger partial charge in [0.15, 0.2) is 11.5 Å². The van der Waals surface area contributed by atoms with Gasteiger partial charge in [-0.1, -0.05) is 17.7 Å². The summed E-state index contributed by atoms with van der Waals surface area (Å²) in [6.07, 6.45) is 0. The van der Waals surface area contributed by atoms with Gasteiger partial charge in [-0.15, -0.1) is 0 Å². The number of rotatable bonds is 8. The highest BCUT2D eigenvalue weighted by atomic mass is 16.5. The van der Waals surface area contributed by atoms with E-state index in [-0.39, 0.29) is 11.9 Å². The number of ether oxygens (including phenoxy) is 3. The van der Waals surface area contributed by atoms with Crippen molar-refractivity contribution in [3.63, 3.8) is 0 Å². The van der Waals surface area contributed by atoms with Crippen molar-refractivity contribution in [2.75, 3.05) is 42.0 Å². The van der Waals surface area contributed by atoms with Crippen molar-refractivity contribution in [2.24, 2.45) is 0 Å². The minimum absolute atomic E-state index is 0.0619. The Morgan fingerprint density at radius 2 is 1.56 bits per heavy atom. The summed E-state index contributed by atoms with van der Waals surface area (Å²) in [5.74, 6) is 1.62. The molecule has 1 unspecified atom stereocenters. The monoisotopic (exact) mass is 372 g/mol. The van der Waals surface area contributed by atoms with Crippen LogP contribution < -0.4 is 19.5 Å². The lowest BCUT2D eigenvalue weighted by atomic mass is 10.0. The van der Waals surface area contributed by atoms with Gasteiger partial charge in [0.2, 0.25) is 5.75 Å². The second-order valence-electron chi connectivity index (χ2n) is 6.51. The summed E-state index contributed by atoms with van der Waals surface area (Å²) in [6, 6.07) is 11.3. The first kappa shape index (κ1) is 20.6. The van der Waals surface area contributed by atoms with Crippen LogP contribution in [0, 0.1) is 6.92 Å². The fourth-order valence-corrected chi connectivity index (χ4v) is 2.89. The molecule has 0 saturated heterocycles. The molecule has 6 nitrogen and oxygen atoms in total. The second kappa shape index (κ2) is 9.28. The number of aryl methyl sites for hydroxylation is 1. The number of likely N-dealkylation sites (N-methyl/N-ethyl adjacent to an activating group) is 1. The van der Waals surface area contributed by atoms with Crippen molar-refractivity contribution in [3.8, 4) is 17.2 Å². The van der Waals surface area contributed by atoms with E-state index in [0.29, 0.717) is 29.4 Å². The highest BCUT2D eigenvalue weighted by molar-refractivity contribution is 5.94. The molecule has 1 atom stereocenters. The van der Waals surface area contributed by atoms with E-state index in [0.717, 1.165) is 11.1 Å². The van der Waals surface area contributed by atoms with Crippen molar-refractivity contribution >= 4 is 5.91 Å². The topological polar surface area (TPSA) is 60.0 Å². The van der Waals surface area contributed by atoms with E-state index in [9.17, 15) is 4.79 Å². The average Bonchev–Trinajstić information content (AvgIpc) is 2.67. The minimum atomic E-state index is -0.103. The predicted molar refractivity (Wildman–Crippen MR) is 106 cm³/mol. The van der Waals surface area contributed by atoms with Crippen LogP contribution in [0.2, 0.25) is 0 Å². The van der Waals surface area contributed by atoms with Crippen LogP contribution >= 0.6 is 0 Å². The van der Waals surface area contributed by atoms with Gasteiger partial charge in [0.1, 0.15) is 0 Å². The van der Waals surface area contributed by atoms with Crippen LogP contribution in [-0.2, 0) is 0 Å². The Kier molecular flexibility index (Phi) is 7.07. The van der Waals surface area contributed by atoms with E-state index in [2.05, 4.69) is 5.32 Å². The average molecular weight is 372 g/mol. The van der Waals surface area contributed by atoms with Crippen LogP contribution in [0.5, 0.6) is 17.2 Å². The highest BCUT2D eigenvalue weighted by Crippen LogP contribution is 2.40. The molecule has 1 amide bonds. The maximum absolute atomic E-state index is 12.5. The van der Waals surface area contributed by atoms with Crippen molar-refractivity contribution in [3.05, 3.63) is 53.1 Å². The van der Waals surface area contributed by atoms with Gasteiger partial charge < -0.3 is 24.4 Å². The van der Waals surface area contributed by atoms with Gasteiger partial charge in [0, 0.05) is 12.1 Å². The van der Waals surface area contributed by atoms with Crippen LogP contribution in [0.3, 0.4) is 0 Å². The molecule has 0 saturated carbocycles. The lowest BCUT2D eigenvalue weighted by Gasteiger charge is -2.26. The number of hydrogen-bond donors (Lipinski definition) is 1. The van der Waals surface area contributed by atoms with Crippen LogP contribution in [0.15, 0.2) is 36.4 Å². The second-order valence-corrected chi connectivity index (χ2v) is 6.51. The molecule has 1 N–H and O–H groups in total. The number of carbonyl (C=O) groups excluding carboxylic acids is 1. The number of amides is 1. The van der Waals surface area contributed by atoms with Gasteiger partial charge in [-0.25, -0.2) is 0 Å². The van der Waals surface area contributed by atoms with Crippen LogP contribution in [-0.4, -0.2) is 52.8 Å². The van der Waals surface area contributed by atoms with E-state index in [1.54, 1.807) is 21.3 Å². The first-order chi connectivity index (χ1) is 12.9. The molecule has 0 fully saturated rings. The summed E-state index contributed by atoms with van der Waals surface area (Å²) >= 11 is 0. The molecular weight excluding hydrogens is 344 g/mol. The lowest BCUT2D eigenvalue weighted by molar-refractivity contribution is 0.0942. The Balaban J connectivity index is 2.24. The van der Waals surface area contributed by atoms with Crippen molar-refractivity contribution in [1.29, 1.82) is 0 Å². The number of nitrogens with zero attached hydrogens (tertiary/aromatic N) is 1. The summed E-state index contributed by atoms with van der Waals surface area (Å²) in [5, 5.41) is 3.01. The molecule has 27 heavy (non-hydrogen) atoms. The largest absolute Gasteiger partial charge is 0.493 e. The number of hydrogen-bond acceptors (Lipinski definition) is 5. The molecule has 0 aromatic heterocycles. The molecule has 0 bridgehead atoms. The van der Waals surface area contributed by atoms with E-state index in [1.807, 2.05) is 62.3 Å². The van der Waals surface area contributed by atoms with Crippen LogP contribution in [0.1, 0.15) is 27.5 Å². The van der Waals surface area contributed by atoms with E-state index >= 15 is 0 Å². The maximum Gasteiger partial charge on any atom is 0.251 e. The van der Waals surface area contributed by atoms with E-state index in [4.69, 9.17) is 14.2 Å².